The molecule has 1 N–H and O–H groups in total. The number of amides is 1. The van der Waals surface area contributed by atoms with Crippen molar-refractivity contribution in [2.45, 2.75) is 65.0 Å². The molecule has 2 rings (SSSR count). The topological polar surface area (TPSA) is 79.0 Å². The van der Waals surface area contributed by atoms with E-state index in [9.17, 15) is 13.2 Å². The Labute approximate surface area is 145 Å². The number of nitrogens with zero attached hydrogens (tertiary/aromatic N) is 2. The summed E-state index contributed by atoms with van der Waals surface area (Å²) in [6, 6.07) is -0.118. The average molecular weight is 362 g/mol. The van der Waals surface area contributed by atoms with Crippen molar-refractivity contribution in [3.8, 4) is 0 Å². The second-order valence-electron chi connectivity index (χ2n) is 7.95. The summed E-state index contributed by atoms with van der Waals surface area (Å²) in [5.74, 6) is 0.591. The van der Waals surface area contributed by atoms with Crippen LogP contribution in [-0.2, 0) is 14.9 Å². The van der Waals surface area contributed by atoms with Crippen molar-refractivity contribution >= 4 is 16.3 Å². The Balaban J connectivity index is 1.81. The number of carbonyl (C=O) groups is 1. The number of hydrogen-bond donors (Lipinski definition) is 1. The van der Waals surface area contributed by atoms with Crippen molar-refractivity contribution in [2.75, 3.05) is 26.2 Å². The molecule has 2 aliphatic heterocycles. The zero-order valence-corrected chi connectivity index (χ0v) is 16.1. The van der Waals surface area contributed by atoms with E-state index in [1.54, 1.807) is 9.21 Å². The third-order valence-corrected chi connectivity index (χ3v) is 6.22. The minimum absolute atomic E-state index is 0.118. The van der Waals surface area contributed by atoms with Crippen molar-refractivity contribution in [1.82, 2.24) is 13.9 Å². The van der Waals surface area contributed by atoms with Gasteiger partial charge in [0.15, 0.2) is 0 Å². The molecule has 2 heterocycles. The molecule has 0 spiro atoms. The summed E-state index contributed by atoms with van der Waals surface area (Å²) in [6.45, 7) is 9.88. The first-order chi connectivity index (χ1) is 11.1. The average Bonchev–Trinajstić information content (AvgIpc) is 2.46. The number of piperidine rings is 2. The molecule has 0 aromatic heterocycles. The summed E-state index contributed by atoms with van der Waals surface area (Å²) in [5.41, 5.74) is -0.513. The van der Waals surface area contributed by atoms with E-state index in [4.69, 9.17) is 4.74 Å². The van der Waals surface area contributed by atoms with Crippen LogP contribution in [0, 0.1) is 5.92 Å². The molecule has 2 aliphatic rings. The SMILES string of the molecule is CC1CCN(S(=O)(=O)NC2CCN(C(=O)OC(C)(C)C)CC2)CC1. The summed E-state index contributed by atoms with van der Waals surface area (Å²) in [5, 5.41) is 0. The van der Waals surface area contributed by atoms with Crippen LogP contribution < -0.4 is 4.72 Å². The molecule has 140 valence electrons. The summed E-state index contributed by atoms with van der Waals surface area (Å²) < 4.78 is 34.7. The minimum Gasteiger partial charge on any atom is -0.444 e. The lowest BCUT2D eigenvalue weighted by molar-refractivity contribution is 0.0203. The van der Waals surface area contributed by atoms with E-state index in [1.807, 2.05) is 20.8 Å². The molecule has 0 bridgehead atoms. The van der Waals surface area contributed by atoms with Crippen LogP contribution in [0.25, 0.3) is 0 Å². The Morgan fingerprint density at radius 2 is 1.58 bits per heavy atom. The zero-order chi connectivity index (χ0) is 18.0. The summed E-state index contributed by atoms with van der Waals surface area (Å²) in [4.78, 5) is 13.7. The first-order valence-corrected chi connectivity index (χ1v) is 10.3. The van der Waals surface area contributed by atoms with Gasteiger partial charge in [-0.05, 0) is 52.4 Å². The van der Waals surface area contributed by atoms with E-state index in [0.717, 1.165) is 12.8 Å². The lowest BCUT2D eigenvalue weighted by atomic mass is 10.0. The van der Waals surface area contributed by atoms with Crippen molar-refractivity contribution in [3.05, 3.63) is 0 Å². The van der Waals surface area contributed by atoms with Gasteiger partial charge in [-0.25, -0.2) is 4.79 Å². The van der Waals surface area contributed by atoms with Crippen LogP contribution in [0.5, 0.6) is 0 Å². The van der Waals surface area contributed by atoms with E-state index in [0.29, 0.717) is 44.9 Å². The number of likely N-dealkylation sites (tertiary alicyclic amines) is 1. The summed E-state index contributed by atoms with van der Waals surface area (Å²) in [6.07, 6.45) is 2.73. The molecule has 0 atom stereocenters. The van der Waals surface area contributed by atoms with E-state index in [-0.39, 0.29) is 12.1 Å². The van der Waals surface area contributed by atoms with E-state index in [1.165, 1.54) is 0 Å². The minimum atomic E-state index is -3.42. The van der Waals surface area contributed by atoms with Crippen LogP contribution in [0.2, 0.25) is 0 Å². The third-order valence-electron chi connectivity index (χ3n) is 4.54. The molecular formula is C16H31N3O4S. The van der Waals surface area contributed by atoms with Gasteiger partial charge >= 0.3 is 6.09 Å². The van der Waals surface area contributed by atoms with Crippen LogP contribution >= 0.6 is 0 Å². The molecule has 7 nitrogen and oxygen atoms in total. The summed E-state index contributed by atoms with van der Waals surface area (Å²) >= 11 is 0. The highest BCUT2D eigenvalue weighted by atomic mass is 32.2. The van der Waals surface area contributed by atoms with Crippen LogP contribution in [0.4, 0.5) is 4.79 Å². The number of ether oxygens (including phenoxy) is 1. The molecule has 0 aromatic carbocycles. The maximum atomic E-state index is 12.5. The molecule has 0 saturated carbocycles. The van der Waals surface area contributed by atoms with Crippen LogP contribution in [0.15, 0.2) is 0 Å². The lowest BCUT2D eigenvalue weighted by Gasteiger charge is -2.35. The fourth-order valence-electron chi connectivity index (χ4n) is 3.02. The number of carbonyl (C=O) groups excluding carboxylic acids is 1. The molecule has 0 unspecified atom stereocenters. The van der Waals surface area contributed by atoms with E-state index in [2.05, 4.69) is 11.6 Å². The van der Waals surface area contributed by atoms with Crippen molar-refractivity contribution in [2.24, 2.45) is 5.92 Å². The Kier molecular flexibility index (Phi) is 6.14. The predicted molar refractivity (Wildman–Crippen MR) is 92.9 cm³/mol. The molecule has 2 fully saturated rings. The summed E-state index contributed by atoms with van der Waals surface area (Å²) in [7, 11) is -3.42. The maximum absolute atomic E-state index is 12.5. The quantitative estimate of drug-likeness (QED) is 0.833. The Bertz CT molecular complexity index is 528. The smallest absolute Gasteiger partial charge is 0.410 e. The fourth-order valence-corrected chi connectivity index (χ4v) is 4.51. The van der Waals surface area contributed by atoms with Gasteiger partial charge in [0.25, 0.3) is 10.2 Å². The first kappa shape index (κ1) is 19.5. The number of hydrogen-bond acceptors (Lipinski definition) is 4. The largest absolute Gasteiger partial charge is 0.444 e. The van der Waals surface area contributed by atoms with E-state index >= 15 is 0 Å². The van der Waals surface area contributed by atoms with Gasteiger partial charge in [-0.2, -0.15) is 17.4 Å². The van der Waals surface area contributed by atoms with E-state index < -0.39 is 15.8 Å². The van der Waals surface area contributed by atoms with Crippen LogP contribution in [0.3, 0.4) is 0 Å². The van der Waals surface area contributed by atoms with Gasteiger partial charge in [-0.3, -0.25) is 0 Å². The number of nitrogens with one attached hydrogen (secondary N) is 1. The van der Waals surface area contributed by atoms with Crippen LogP contribution in [0.1, 0.15) is 53.4 Å². The Morgan fingerprint density at radius 3 is 2.08 bits per heavy atom. The van der Waals surface area contributed by atoms with Crippen LogP contribution in [-0.4, -0.2) is 61.5 Å². The molecule has 8 heteroatoms. The van der Waals surface area contributed by atoms with Gasteiger partial charge in [0.1, 0.15) is 5.60 Å². The van der Waals surface area contributed by atoms with Crippen molar-refractivity contribution < 1.29 is 17.9 Å². The molecule has 0 aliphatic carbocycles. The highest BCUT2D eigenvalue weighted by molar-refractivity contribution is 7.87. The van der Waals surface area contributed by atoms with Gasteiger partial charge in [0, 0.05) is 32.2 Å². The van der Waals surface area contributed by atoms with Gasteiger partial charge in [0.2, 0.25) is 0 Å². The molecule has 0 radical (unpaired) electrons. The highest BCUT2D eigenvalue weighted by Crippen LogP contribution is 2.20. The van der Waals surface area contributed by atoms with Crippen molar-refractivity contribution in [1.29, 1.82) is 0 Å². The van der Waals surface area contributed by atoms with Gasteiger partial charge in [-0.15, -0.1) is 0 Å². The maximum Gasteiger partial charge on any atom is 0.410 e. The molecular weight excluding hydrogens is 330 g/mol. The highest BCUT2D eigenvalue weighted by Gasteiger charge is 2.32. The molecule has 2 saturated heterocycles. The number of rotatable bonds is 3. The normalized spacial score (nSPS) is 22.6. The Hall–Kier alpha value is -0.860. The fraction of sp³-hybridized carbons (Fsp3) is 0.938. The monoisotopic (exact) mass is 361 g/mol. The first-order valence-electron chi connectivity index (χ1n) is 8.82. The standard InChI is InChI=1S/C16H31N3O4S/c1-13-5-11-19(12-6-13)24(21,22)17-14-7-9-18(10-8-14)15(20)23-16(2,3)4/h13-14,17H,5-12H2,1-4H3. The second kappa shape index (κ2) is 7.58. The second-order valence-corrected chi connectivity index (χ2v) is 9.65. The van der Waals surface area contributed by atoms with Gasteiger partial charge in [-0.1, -0.05) is 6.92 Å². The van der Waals surface area contributed by atoms with Gasteiger partial charge < -0.3 is 9.64 Å². The molecule has 24 heavy (non-hydrogen) atoms. The molecule has 0 aromatic rings. The predicted octanol–water partition coefficient (Wildman–Crippen LogP) is 1.95. The third kappa shape index (κ3) is 5.60. The lowest BCUT2D eigenvalue weighted by Crippen LogP contribution is -2.52. The molecule has 1 amide bonds. The van der Waals surface area contributed by atoms with Crippen molar-refractivity contribution in [3.63, 3.8) is 0 Å². The zero-order valence-electron chi connectivity index (χ0n) is 15.2. The Morgan fingerprint density at radius 1 is 1.04 bits per heavy atom. The van der Waals surface area contributed by atoms with Gasteiger partial charge in [0.05, 0.1) is 0 Å².